The molecule has 0 aliphatic rings. The van der Waals surface area contributed by atoms with Crippen molar-refractivity contribution in [2.24, 2.45) is 5.73 Å². The van der Waals surface area contributed by atoms with Crippen molar-refractivity contribution in [3.8, 4) is 0 Å². The standard InChI is InChI=1S/C17H38NO13P/c1-10(22)13(3-6-32(25,26)27)29-16(12(24)7-19)31-15(9-21)17(28-5-4-18)30-14(8-20)11(2)23/h10-17,19-24H,3-9,18H2,1-2H3,(H2,25,26,27)/t10-,11-,12+,13?,14?,15+,16+,17-/m0/s1. The minimum atomic E-state index is -4.41. The zero-order chi connectivity index (χ0) is 24.9. The summed E-state index contributed by atoms with van der Waals surface area (Å²) in [6.07, 6.45) is -11.7. The van der Waals surface area contributed by atoms with E-state index in [9.17, 15) is 35.2 Å². The minimum absolute atomic E-state index is 0.0577. The Labute approximate surface area is 186 Å². The van der Waals surface area contributed by atoms with Gasteiger partial charge >= 0.3 is 7.60 Å². The molecule has 0 aromatic carbocycles. The lowest BCUT2D eigenvalue weighted by molar-refractivity contribution is -0.307. The highest BCUT2D eigenvalue weighted by Crippen LogP contribution is 2.36. The molecule has 0 spiro atoms. The van der Waals surface area contributed by atoms with Crippen molar-refractivity contribution >= 4 is 7.60 Å². The number of rotatable bonds is 19. The molecule has 0 radical (unpaired) electrons. The van der Waals surface area contributed by atoms with Gasteiger partial charge in [0.25, 0.3) is 0 Å². The largest absolute Gasteiger partial charge is 0.394 e. The van der Waals surface area contributed by atoms with E-state index in [4.69, 9.17) is 34.5 Å². The Morgan fingerprint density at radius 2 is 1.31 bits per heavy atom. The van der Waals surface area contributed by atoms with Crippen molar-refractivity contribution in [1.82, 2.24) is 0 Å². The number of nitrogens with two attached hydrogens (primary N) is 1. The summed E-state index contributed by atoms with van der Waals surface area (Å²) in [6, 6.07) is 0. The minimum Gasteiger partial charge on any atom is -0.394 e. The summed E-state index contributed by atoms with van der Waals surface area (Å²) in [6.45, 7) is 0.441. The van der Waals surface area contributed by atoms with Crippen molar-refractivity contribution < 1.29 is 63.9 Å². The second kappa shape index (κ2) is 16.4. The van der Waals surface area contributed by atoms with Crippen LogP contribution in [0.15, 0.2) is 0 Å². The molecule has 10 N–H and O–H groups in total. The van der Waals surface area contributed by atoms with Gasteiger partial charge in [-0.3, -0.25) is 4.57 Å². The number of hydrogen-bond acceptors (Lipinski definition) is 12. The molecule has 0 saturated carbocycles. The molecule has 0 aliphatic heterocycles. The summed E-state index contributed by atoms with van der Waals surface area (Å²) in [7, 11) is -4.41. The zero-order valence-electron chi connectivity index (χ0n) is 18.2. The van der Waals surface area contributed by atoms with Gasteiger partial charge in [-0.2, -0.15) is 0 Å². The van der Waals surface area contributed by atoms with E-state index in [1.54, 1.807) is 0 Å². The second-order valence-corrected chi connectivity index (χ2v) is 8.97. The van der Waals surface area contributed by atoms with E-state index < -0.39 is 82.8 Å². The topological polar surface area (TPSA) is 242 Å². The predicted octanol–water partition coefficient (Wildman–Crippen LogP) is -3.56. The summed E-state index contributed by atoms with van der Waals surface area (Å²) in [5.74, 6) is 0. The molecule has 2 unspecified atom stereocenters. The fraction of sp³-hybridized carbons (Fsp3) is 1.00. The van der Waals surface area contributed by atoms with E-state index in [0.29, 0.717) is 0 Å². The van der Waals surface area contributed by atoms with Gasteiger partial charge in [0, 0.05) is 6.54 Å². The van der Waals surface area contributed by atoms with Gasteiger partial charge in [0.2, 0.25) is 0 Å². The van der Waals surface area contributed by atoms with Crippen molar-refractivity contribution in [2.45, 2.75) is 69.5 Å². The molecule has 194 valence electrons. The zero-order valence-corrected chi connectivity index (χ0v) is 19.1. The van der Waals surface area contributed by atoms with Crippen molar-refractivity contribution in [2.75, 3.05) is 39.1 Å². The molecule has 0 heterocycles. The summed E-state index contributed by atoms with van der Waals surface area (Å²) in [5, 5.41) is 58.2. The highest BCUT2D eigenvalue weighted by atomic mass is 31.2. The van der Waals surface area contributed by atoms with E-state index in [1.807, 2.05) is 0 Å². The van der Waals surface area contributed by atoms with Gasteiger partial charge in [-0.15, -0.1) is 0 Å². The van der Waals surface area contributed by atoms with E-state index >= 15 is 0 Å². The number of ether oxygens (including phenoxy) is 4. The number of aliphatic hydroxyl groups is 6. The Balaban J connectivity index is 5.57. The maximum absolute atomic E-state index is 11.2. The van der Waals surface area contributed by atoms with Gasteiger partial charge in [0.15, 0.2) is 12.6 Å². The summed E-state index contributed by atoms with van der Waals surface area (Å²) in [5.41, 5.74) is 5.41. The maximum atomic E-state index is 11.2. The second-order valence-electron chi connectivity index (χ2n) is 7.19. The Bertz CT molecular complexity index is 521. The number of hydrogen-bond donors (Lipinski definition) is 9. The van der Waals surface area contributed by atoms with Crippen LogP contribution in [0.4, 0.5) is 0 Å². The summed E-state index contributed by atoms with van der Waals surface area (Å²) < 4.78 is 33.0. The average Bonchev–Trinajstić information content (AvgIpc) is 2.72. The molecule has 0 rings (SSSR count). The van der Waals surface area contributed by atoms with E-state index in [2.05, 4.69) is 0 Å². The molecule has 0 bridgehead atoms. The third-order valence-electron chi connectivity index (χ3n) is 4.27. The Kier molecular flexibility index (Phi) is 16.2. The molecule has 32 heavy (non-hydrogen) atoms. The third kappa shape index (κ3) is 12.8. The molecule has 15 heteroatoms. The van der Waals surface area contributed by atoms with Crippen LogP contribution in [0.25, 0.3) is 0 Å². The van der Waals surface area contributed by atoms with Gasteiger partial charge in [0.1, 0.15) is 18.3 Å². The van der Waals surface area contributed by atoms with Gasteiger partial charge in [-0.25, -0.2) is 0 Å². The molecule has 8 atom stereocenters. The first-order valence-electron chi connectivity index (χ1n) is 10.1. The van der Waals surface area contributed by atoms with E-state index in [-0.39, 0.29) is 19.6 Å². The normalized spacial score (nSPS) is 20.2. The maximum Gasteiger partial charge on any atom is 0.325 e. The Morgan fingerprint density at radius 1 is 0.812 bits per heavy atom. The van der Waals surface area contributed by atoms with Crippen LogP contribution in [-0.2, 0) is 23.5 Å². The van der Waals surface area contributed by atoms with E-state index in [1.165, 1.54) is 13.8 Å². The van der Waals surface area contributed by atoms with Crippen LogP contribution in [0, 0.1) is 0 Å². The van der Waals surface area contributed by atoms with Gasteiger partial charge in [0.05, 0.1) is 50.9 Å². The lowest BCUT2D eigenvalue weighted by atomic mass is 10.2. The quantitative estimate of drug-likeness (QED) is 0.0622. The molecule has 0 amide bonds. The van der Waals surface area contributed by atoms with Crippen LogP contribution >= 0.6 is 7.60 Å². The SMILES string of the molecule is C[C@H](O)C(CCP(=O)(O)O)O[C@H](O[C@H](CO)[C@@H](OCCN)OC(CO)[C@H](C)O)[C@H](O)CO. The van der Waals surface area contributed by atoms with Crippen molar-refractivity contribution in [1.29, 1.82) is 0 Å². The molecule has 0 aliphatic carbocycles. The van der Waals surface area contributed by atoms with Crippen molar-refractivity contribution in [3.05, 3.63) is 0 Å². The molecule has 0 aromatic heterocycles. The lowest BCUT2D eigenvalue weighted by Crippen LogP contribution is -2.49. The third-order valence-corrected chi connectivity index (χ3v) is 5.11. The first kappa shape index (κ1) is 31.7. The molecular formula is C17H38NO13P. The highest BCUT2D eigenvalue weighted by Gasteiger charge is 2.35. The van der Waals surface area contributed by atoms with Crippen LogP contribution in [-0.4, -0.2) is 129 Å². The van der Waals surface area contributed by atoms with Crippen LogP contribution in [0.1, 0.15) is 20.3 Å². The summed E-state index contributed by atoms with van der Waals surface area (Å²) in [4.78, 5) is 18.1. The van der Waals surface area contributed by atoms with E-state index in [0.717, 1.165) is 0 Å². The van der Waals surface area contributed by atoms with Gasteiger partial charge in [-0.05, 0) is 20.3 Å². The monoisotopic (exact) mass is 495 g/mol. The Morgan fingerprint density at radius 3 is 1.72 bits per heavy atom. The lowest BCUT2D eigenvalue weighted by Gasteiger charge is -2.35. The fourth-order valence-electron chi connectivity index (χ4n) is 2.46. The van der Waals surface area contributed by atoms with Gasteiger partial charge in [-0.1, -0.05) is 0 Å². The Hall–Kier alpha value is -0.290. The molecule has 0 saturated heterocycles. The highest BCUT2D eigenvalue weighted by molar-refractivity contribution is 7.51. The van der Waals surface area contributed by atoms with Gasteiger partial charge < -0.3 is 65.1 Å². The fourth-order valence-corrected chi connectivity index (χ4v) is 3.05. The molecule has 0 aromatic rings. The molecular weight excluding hydrogens is 457 g/mol. The van der Waals surface area contributed by atoms with Crippen LogP contribution in [0.2, 0.25) is 0 Å². The van der Waals surface area contributed by atoms with Crippen LogP contribution in [0.3, 0.4) is 0 Å². The van der Waals surface area contributed by atoms with Crippen LogP contribution < -0.4 is 5.73 Å². The van der Waals surface area contributed by atoms with Crippen LogP contribution in [0.5, 0.6) is 0 Å². The predicted molar refractivity (Wildman–Crippen MR) is 109 cm³/mol. The first-order valence-corrected chi connectivity index (χ1v) is 11.9. The molecule has 14 nitrogen and oxygen atoms in total. The summed E-state index contributed by atoms with van der Waals surface area (Å²) >= 11 is 0. The smallest absolute Gasteiger partial charge is 0.325 e. The molecule has 0 fully saturated rings. The average molecular weight is 495 g/mol. The number of aliphatic hydroxyl groups excluding tert-OH is 6. The first-order chi connectivity index (χ1) is 14.9. The van der Waals surface area contributed by atoms with Crippen molar-refractivity contribution in [3.63, 3.8) is 0 Å².